The van der Waals surface area contributed by atoms with E-state index in [1.807, 2.05) is 61.5 Å². The first-order valence-electron chi connectivity index (χ1n) is 13.5. The summed E-state index contributed by atoms with van der Waals surface area (Å²) in [5, 5.41) is 15.5. The molecule has 1 fully saturated rings. The Morgan fingerprint density at radius 2 is 1.57 bits per heavy atom. The summed E-state index contributed by atoms with van der Waals surface area (Å²) < 4.78 is 5.48. The van der Waals surface area contributed by atoms with E-state index in [-0.39, 0.29) is 30.0 Å². The molecular formula is C32H37N3O5. The highest BCUT2D eigenvalue weighted by Gasteiger charge is 2.44. The van der Waals surface area contributed by atoms with Crippen LogP contribution < -0.4 is 10.6 Å². The molecule has 3 aromatic carbocycles. The smallest absolute Gasteiger partial charge is 0.408 e. The second-order valence-electron chi connectivity index (χ2n) is 11.2. The first kappa shape index (κ1) is 28.7. The van der Waals surface area contributed by atoms with Gasteiger partial charge in [-0.05, 0) is 75.4 Å². The van der Waals surface area contributed by atoms with Crippen LogP contribution in [0.15, 0.2) is 78.9 Å². The van der Waals surface area contributed by atoms with Crippen molar-refractivity contribution in [2.24, 2.45) is 0 Å². The third-order valence-electron chi connectivity index (χ3n) is 6.60. The Morgan fingerprint density at radius 1 is 0.950 bits per heavy atom. The molecule has 3 amide bonds. The predicted molar refractivity (Wildman–Crippen MR) is 154 cm³/mol. The fraction of sp³-hybridized carbons (Fsp3) is 0.344. The van der Waals surface area contributed by atoms with Crippen LogP contribution in [0.2, 0.25) is 0 Å². The lowest BCUT2D eigenvalue weighted by Gasteiger charge is -2.35. The van der Waals surface area contributed by atoms with Crippen molar-refractivity contribution in [1.29, 1.82) is 0 Å². The number of carbonyl (C=O) groups excluding carboxylic acids is 3. The number of benzene rings is 3. The summed E-state index contributed by atoms with van der Waals surface area (Å²) in [6.07, 6.45) is 0.944. The zero-order chi connectivity index (χ0) is 28.9. The minimum Gasteiger partial charge on any atom is -0.508 e. The van der Waals surface area contributed by atoms with Crippen molar-refractivity contribution in [1.82, 2.24) is 10.2 Å². The Labute approximate surface area is 235 Å². The molecule has 0 bridgehead atoms. The summed E-state index contributed by atoms with van der Waals surface area (Å²) in [7, 11) is 0. The summed E-state index contributed by atoms with van der Waals surface area (Å²) in [4.78, 5) is 42.8. The molecule has 3 N–H and O–H groups in total. The number of amides is 3. The predicted octanol–water partition coefficient (Wildman–Crippen LogP) is 5.51. The molecule has 3 aromatic rings. The Kier molecular flexibility index (Phi) is 8.77. The molecule has 1 saturated carbocycles. The van der Waals surface area contributed by atoms with Gasteiger partial charge in [0.25, 0.3) is 5.91 Å². The number of rotatable bonds is 9. The minimum absolute atomic E-state index is 0.100. The molecular weight excluding hydrogens is 506 g/mol. The maximum absolute atomic E-state index is 14.4. The van der Waals surface area contributed by atoms with Crippen molar-refractivity contribution in [2.75, 3.05) is 5.32 Å². The molecule has 0 aliphatic heterocycles. The molecule has 2 unspecified atom stereocenters. The highest BCUT2D eigenvalue weighted by molar-refractivity contribution is 5.99. The van der Waals surface area contributed by atoms with Gasteiger partial charge < -0.3 is 25.4 Å². The number of nitrogens with zero attached hydrogens (tertiary/aromatic N) is 1. The standard InChI is InChI=1S/C32H37N3O5/c1-21-10-8-9-13-26(21)33-29(37)28(23-11-6-5-7-12-23)35(24-16-17-24)30(38)27(34-31(39)40-32(2,3)4)20-22-14-18-25(36)19-15-22/h5-15,18-19,24,27-28,36H,16-17,20H2,1-4H3,(H,33,37)(H,34,39). The summed E-state index contributed by atoms with van der Waals surface area (Å²) in [6.45, 7) is 7.17. The Morgan fingerprint density at radius 3 is 2.17 bits per heavy atom. The van der Waals surface area contributed by atoms with Crippen LogP contribution in [0.3, 0.4) is 0 Å². The van der Waals surface area contributed by atoms with Crippen LogP contribution in [-0.2, 0) is 20.7 Å². The number of phenolic OH excluding ortho intramolecular Hbond substituents is 1. The van der Waals surface area contributed by atoms with Gasteiger partial charge in [-0.2, -0.15) is 0 Å². The van der Waals surface area contributed by atoms with Crippen molar-refractivity contribution < 1.29 is 24.2 Å². The maximum Gasteiger partial charge on any atom is 0.408 e. The lowest BCUT2D eigenvalue weighted by molar-refractivity contribution is -0.141. The van der Waals surface area contributed by atoms with Gasteiger partial charge >= 0.3 is 6.09 Å². The number of phenols is 1. The Bertz CT molecular complexity index is 1330. The summed E-state index contributed by atoms with van der Waals surface area (Å²) >= 11 is 0. The van der Waals surface area contributed by atoms with Gasteiger partial charge in [0.15, 0.2) is 0 Å². The molecule has 210 valence electrons. The largest absolute Gasteiger partial charge is 0.508 e. The zero-order valence-electron chi connectivity index (χ0n) is 23.4. The second kappa shape index (κ2) is 12.2. The van der Waals surface area contributed by atoms with Crippen LogP contribution in [0, 0.1) is 6.92 Å². The monoisotopic (exact) mass is 543 g/mol. The first-order valence-corrected chi connectivity index (χ1v) is 13.5. The van der Waals surface area contributed by atoms with E-state index in [2.05, 4.69) is 10.6 Å². The van der Waals surface area contributed by atoms with Gasteiger partial charge in [0.05, 0.1) is 0 Å². The van der Waals surface area contributed by atoms with E-state index in [9.17, 15) is 19.5 Å². The van der Waals surface area contributed by atoms with Crippen LogP contribution in [0.25, 0.3) is 0 Å². The number of para-hydroxylation sites is 1. The fourth-order valence-electron chi connectivity index (χ4n) is 4.56. The molecule has 0 aromatic heterocycles. The van der Waals surface area contributed by atoms with E-state index in [4.69, 9.17) is 4.74 Å². The number of nitrogens with one attached hydrogen (secondary N) is 2. The molecule has 0 heterocycles. The normalized spacial score (nSPS) is 14.5. The van der Waals surface area contributed by atoms with Crippen LogP contribution in [0.5, 0.6) is 5.75 Å². The van der Waals surface area contributed by atoms with Crippen LogP contribution in [0.4, 0.5) is 10.5 Å². The van der Waals surface area contributed by atoms with Crippen molar-refractivity contribution in [3.63, 3.8) is 0 Å². The average molecular weight is 544 g/mol. The van der Waals surface area contributed by atoms with Crippen molar-refractivity contribution in [2.45, 2.75) is 70.7 Å². The van der Waals surface area contributed by atoms with E-state index in [0.29, 0.717) is 11.3 Å². The maximum atomic E-state index is 14.4. The van der Waals surface area contributed by atoms with Gasteiger partial charge in [0, 0.05) is 18.2 Å². The van der Waals surface area contributed by atoms with Gasteiger partial charge in [-0.1, -0.05) is 60.7 Å². The average Bonchev–Trinajstić information content (AvgIpc) is 3.73. The number of alkyl carbamates (subject to hydrolysis) is 1. The van der Waals surface area contributed by atoms with Gasteiger partial charge in [-0.3, -0.25) is 9.59 Å². The highest BCUT2D eigenvalue weighted by atomic mass is 16.6. The first-order chi connectivity index (χ1) is 19.0. The van der Waals surface area contributed by atoms with E-state index in [0.717, 1.165) is 24.0 Å². The third kappa shape index (κ3) is 7.62. The fourth-order valence-corrected chi connectivity index (χ4v) is 4.56. The molecule has 1 aliphatic rings. The van der Waals surface area contributed by atoms with E-state index < -0.39 is 23.8 Å². The number of ether oxygens (including phenoxy) is 1. The van der Waals surface area contributed by atoms with Crippen LogP contribution >= 0.6 is 0 Å². The van der Waals surface area contributed by atoms with Crippen molar-refractivity contribution in [3.8, 4) is 5.75 Å². The van der Waals surface area contributed by atoms with Crippen LogP contribution in [0.1, 0.15) is 56.3 Å². The number of aryl methyl sites for hydroxylation is 1. The second-order valence-corrected chi connectivity index (χ2v) is 11.2. The summed E-state index contributed by atoms with van der Waals surface area (Å²) in [5.74, 6) is -0.611. The van der Waals surface area contributed by atoms with Crippen LogP contribution in [-0.4, -0.2) is 45.6 Å². The quantitative estimate of drug-likeness (QED) is 0.330. The molecule has 40 heavy (non-hydrogen) atoms. The molecule has 4 rings (SSSR count). The molecule has 8 nitrogen and oxygen atoms in total. The molecule has 2 atom stereocenters. The third-order valence-corrected chi connectivity index (χ3v) is 6.60. The highest BCUT2D eigenvalue weighted by Crippen LogP contribution is 2.36. The Balaban J connectivity index is 1.70. The molecule has 8 heteroatoms. The van der Waals surface area contributed by atoms with Gasteiger partial charge in [-0.25, -0.2) is 4.79 Å². The molecule has 0 radical (unpaired) electrons. The number of anilines is 1. The SMILES string of the molecule is Cc1ccccc1NC(=O)C(c1ccccc1)N(C(=O)C(Cc1ccc(O)cc1)NC(=O)OC(C)(C)C)C1CC1. The van der Waals surface area contributed by atoms with Crippen molar-refractivity contribution in [3.05, 3.63) is 95.6 Å². The minimum atomic E-state index is -1.00. The summed E-state index contributed by atoms with van der Waals surface area (Å²) in [5.41, 5.74) is 2.23. The molecule has 0 spiro atoms. The van der Waals surface area contributed by atoms with Gasteiger partial charge in [0.2, 0.25) is 5.91 Å². The Hall–Kier alpha value is -4.33. The van der Waals surface area contributed by atoms with E-state index >= 15 is 0 Å². The lowest BCUT2D eigenvalue weighted by atomic mass is 9.99. The molecule has 1 aliphatic carbocycles. The number of carbonyl (C=O) groups is 3. The lowest BCUT2D eigenvalue weighted by Crippen LogP contribution is -2.54. The van der Waals surface area contributed by atoms with Crippen molar-refractivity contribution >= 4 is 23.6 Å². The van der Waals surface area contributed by atoms with E-state index in [1.165, 1.54) is 12.1 Å². The van der Waals surface area contributed by atoms with E-state index in [1.54, 1.807) is 37.8 Å². The van der Waals surface area contributed by atoms with Gasteiger partial charge in [-0.15, -0.1) is 0 Å². The summed E-state index contributed by atoms with van der Waals surface area (Å²) in [6, 6.07) is 21.1. The number of aromatic hydroxyl groups is 1. The topological polar surface area (TPSA) is 108 Å². The molecule has 0 saturated heterocycles. The number of hydrogen-bond acceptors (Lipinski definition) is 5. The zero-order valence-corrected chi connectivity index (χ0v) is 23.4. The number of hydrogen-bond donors (Lipinski definition) is 3. The van der Waals surface area contributed by atoms with Gasteiger partial charge in [0.1, 0.15) is 23.4 Å².